The topological polar surface area (TPSA) is 52.0 Å². The number of hydrogen-bond acceptors (Lipinski definition) is 2. The van der Waals surface area contributed by atoms with Crippen molar-refractivity contribution in [1.82, 2.24) is 0 Å². The van der Waals surface area contributed by atoms with Gasteiger partial charge in [0.25, 0.3) is 0 Å². The lowest BCUT2D eigenvalue weighted by Crippen LogP contribution is -2.29. The summed E-state index contributed by atoms with van der Waals surface area (Å²) in [7, 11) is 0. The summed E-state index contributed by atoms with van der Waals surface area (Å²) in [6.45, 7) is 9.55. The first-order valence-corrected chi connectivity index (χ1v) is 6.50. The Kier molecular flexibility index (Phi) is 9.93. The predicted octanol–water partition coefficient (Wildman–Crippen LogP) is 3.78. The summed E-state index contributed by atoms with van der Waals surface area (Å²) in [5.74, 6) is 0. The molecule has 0 radical (unpaired) electrons. The normalized spacial score (nSPS) is 9.56. The van der Waals surface area contributed by atoms with E-state index in [-0.39, 0.29) is 6.17 Å². The molecule has 0 bridgehead atoms. The van der Waals surface area contributed by atoms with Gasteiger partial charge in [0.1, 0.15) is 0 Å². The third-order valence-corrected chi connectivity index (χ3v) is 2.58. The highest BCUT2D eigenvalue weighted by molar-refractivity contribution is 5.63. The molecule has 0 spiro atoms. The van der Waals surface area contributed by atoms with Gasteiger partial charge in [0.15, 0.2) is 0 Å². The molecule has 0 heterocycles. The summed E-state index contributed by atoms with van der Waals surface area (Å²) in [6.07, 6.45) is 8.20. The SMILES string of the molecule is C=Cc1ccccc1C=C.CCCCCC(N)N. The molecule has 0 amide bonds. The first-order chi connectivity index (χ1) is 8.65. The molecule has 0 fully saturated rings. The van der Waals surface area contributed by atoms with Crippen LogP contribution in [-0.4, -0.2) is 6.17 Å². The second kappa shape index (κ2) is 10.8. The fourth-order valence-electron chi connectivity index (χ4n) is 1.51. The summed E-state index contributed by atoms with van der Waals surface area (Å²) < 4.78 is 0. The third kappa shape index (κ3) is 7.82. The van der Waals surface area contributed by atoms with Crippen LogP contribution in [0.3, 0.4) is 0 Å². The van der Waals surface area contributed by atoms with Crippen molar-refractivity contribution >= 4 is 12.2 Å². The standard InChI is InChI=1S/C10H10.C6H16N2/c1-3-9-7-5-6-8-10(9)4-2;1-2-3-4-5-6(7)8/h3-8H,1-2H2;6H,2-5,7-8H2,1H3. The molecular formula is C16H26N2. The number of hydrogen-bond donors (Lipinski definition) is 2. The monoisotopic (exact) mass is 246 g/mol. The van der Waals surface area contributed by atoms with Crippen molar-refractivity contribution in [2.45, 2.75) is 38.8 Å². The Bertz CT molecular complexity index is 316. The molecule has 1 rings (SSSR count). The van der Waals surface area contributed by atoms with E-state index in [4.69, 9.17) is 11.5 Å². The predicted molar refractivity (Wildman–Crippen MR) is 82.9 cm³/mol. The van der Waals surface area contributed by atoms with Crippen LogP contribution in [0.1, 0.15) is 43.7 Å². The van der Waals surface area contributed by atoms with E-state index < -0.39 is 0 Å². The second-order valence-corrected chi connectivity index (χ2v) is 4.20. The van der Waals surface area contributed by atoms with Gasteiger partial charge < -0.3 is 11.5 Å². The van der Waals surface area contributed by atoms with Crippen LogP contribution < -0.4 is 11.5 Å². The Balaban J connectivity index is 0.000000331. The Labute approximate surface area is 111 Å². The Hall–Kier alpha value is -1.38. The highest BCUT2D eigenvalue weighted by Crippen LogP contribution is 2.10. The van der Waals surface area contributed by atoms with Crippen molar-refractivity contribution < 1.29 is 0 Å². The molecule has 1 aromatic rings. The van der Waals surface area contributed by atoms with Crippen molar-refractivity contribution in [1.29, 1.82) is 0 Å². The van der Waals surface area contributed by atoms with Crippen LogP contribution in [0, 0.1) is 0 Å². The van der Waals surface area contributed by atoms with Crippen molar-refractivity contribution in [2.75, 3.05) is 0 Å². The van der Waals surface area contributed by atoms with Crippen LogP contribution in [-0.2, 0) is 0 Å². The van der Waals surface area contributed by atoms with Gasteiger partial charge in [-0.15, -0.1) is 0 Å². The summed E-state index contributed by atoms with van der Waals surface area (Å²) >= 11 is 0. The van der Waals surface area contributed by atoms with E-state index in [1.165, 1.54) is 19.3 Å². The van der Waals surface area contributed by atoms with E-state index in [0.717, 1.165) is 17.5 Å². The molecule has 1 aromatic carbocycles. The molecule has 0 unspecified atom stereocenters. The molecule has 0 saturated heterocycles. The molecule has 4 N–H and O–H groups in total. The molecule has 0 aliphatic heterocycles. The minimum atomic E-state index is -0.0958. The van der Waals surface area contributed by atoms with Gasteiger partial charge in [-0.3, -0.25) is 0 Å². The van der Waals surface area contributed by atoms with Crippen LogP contribution in [0.2, 0.25) is 0 Å². The summed E-state index contributed by atoms with van der Waals surface area (Å²) in [6, 6.07) is 8.02. The van der Waals surface area contributed by atoms with Gasteiger partial charge >= 0.3 is 0 Å². The largest absolute Gasteiger partial charge is 0.316 e. The maximum Gasteiger partial charge on any atom is 0.0520 e. The number of benzene rings is 1. The zero-order chi connectivity index (χ0) is 13.8. The van der Waals surface area contributed by atoms with E-state index in [9.17, 15) is 0 Å². The summed E-state index contributed by atoms with van der Waals surface area (Å²) in [5.41, 5.74) is 12.9. The van der Waals surface area contributed by atoms with Crippen LogP contribution in [0.25, 0.3) is 12.2 Å². The maximum absolute atomic E-state index is 5.31. The Morgan fingerprint density at radius 2 is 1.56 bits per heavy atom. The molecule has 2 nitrogen and oxygen atoms in total. The number of unbranched alkanes of at least 4 members (excludes halogenated alkanes) is 2. The zero-order valence-electron chi connectivity index (χ0n) is 11.4. The summed E-state index contributed by atoms with van der Waals surface area (Å²) in [5, 5.41) is 0. The Morgan fingerprint density at radius 1 is 1.06 bits per heavy atom. The molecule has 2 heteroatoms. The van der Waals surface area contributed by atoms with Gasteiger partial charge in [0.05, 0.1) is 6.17 Å². The van der Waals surface area contributed by atoms with Crippen LogP contribution >= 0.6 is 0 Å². The quantitative estimate of drug-likeness (QED) is 0.593. The van der Waals surface area contributed by atoms with Gasteiger partial charge in [-0.25, -0.2) is 0 Å². The number of nitrogens with two attached hydrogens (primary N) is 2. The van der Waals surface area contributed by atoms with Crippen molar-refractivity contribution in [3.63, 3.8) is 0 Å². The number of rotatable bonds is 6. The van der Waals surface area contributed by atoms with E-state index in [1.807, 2.05) is 36.4 Å². The molecular weight excluding hydrogens is 220 g/mol. The fraction of sp³-hybridized carbons (Fsp3) is 0.375. The highest BCUT2D eigenvalue weighted by Gasteiger charge is 1.91. The molecule has 0 saturated carbocycles. The molecule has 0 aliphatic rings. The smallest absolute Gasteiger partial charge is 0.0520 e. The van der Waals surface area contributed by atoms with Crippen LogP contribution in [0.4, 0.5) is 0 Å². The molecule has 18 heavy (non-hydrogen) atoms. The first kappa shape index (κ1) is 16.6. The molecule has 0 atom stereocenters. The lowest BCUT2D eigenvalue weighted by molar-refractivity contribution is 0.575. The van der Waals surface area contributed by atoms with Gasteiger partial charge in [0, 0.05) is 0 Å². The van der Waals surface area contributed by atoms with Crippen LogP contribution in [0.5, 0.6) is 0 Å². The minimum absolute atomic E-state index is 0.0958. The summed E-state index contributed by atoms with van der Waals surface area (Å²) in [4.78, 5) is 0. The maximum atomic E-state index is 5.31. The third-order valence-electron chi connectivity index (χ3n) is 2.58. The van der Waals surface area contributed by atoms with Crippen molar-refractivity contribution in [3.8, 4) is 0 Å². The van der Waals surface area contributed by atoms with Crippen molar-refractivity contribution in [3.05, 3.63) is 48.6 Å². The average molecular weight is 246 g/mol. The van der Waals surface area contributed by atoms with E-state index in [1.54, 1.807) is 0 Å². The minimum Gasteiger partial charge on any atom is -0.316 e. The lowest BCUT2D eigenvalue weighted by Gasteiger charge is -2.01. The molecule has 0 aliphatic carbocycles. The van der Waals surface area contributed by atoms with E-state index in [2.05, 4.69) is 20.1 Å². The van der Waals surface area contributed by atoms with Gasteiger partial charge in [-0.2, -0.15) is 0 Å². The van der Waals surface area contributed by atoms with Crippen molar-refractivity contribution in [2.24, 2.45) is 11.5 Å². The van der Waals surface area contributed by atoms with E-state index >= 15 is 0 Å². The second-order valence-electron chi connectivity index (χ2n) is 4.20. The molecule has 100 valence electrons. The van der Waals surface area contributed by atoms with Crippen LogP contribution in [0.15, 0.2) is 37.4 Å². The Morgan fingerprint density at radius 3 is 1.89 bits per heavy atom. The van der Waals surface area contributed by atoms with Gasteiger partial charge in [-0.1, -0.05) is 75.8 Å². The van der Waals surface area contributed by atoms with Gasteiger partial charge in [-0.05, 0) is 17.5 Å². The fourth-order valence-corrected chi connectivity index (χ4v) is 1.51. The zero-order valence-corrected chi connectivity index (χ0v) is 11.4. The highest BCUT2D eigenvalue weighted by atomic mass is 14.8. The first-order valence-electron chi connectivity index (χ1n) is 6.50. The van der Waals surface area contributed by atoms with Gasteiger partial charge in [0.2, 0.25) is 0 Å². The average Bonchev–Trinajstić information content (AvgIpc) is 2.39. The molecule has 0 aromatic heterocycles. The lowest BCUT2D eigenvalue weighted by atomic mass is 10.1. The van der Waals surface area contributed by atoms with E-state index in [0.29, 0.717) is 0 Å².